The number of benzene rings is 1. The molecule has 1 amide bonds. The Bertz CT molecular complexity index is 1060. The van der Waals surface area contributed by atoms with Crippen LogP contribution in [-0.4, -0.2) is 40.0 Å². The first-order chi connectivity index (χ1) is 14.7. The highest BCUT2D eigenvalue weighted by Crippen LogP contribution is 2.45. The number of likely N-dealkylation sites (N-methyl/N-ethyl adjacent to an activating group) is 1. The number of hydrogen-bond acceptors (Lipinski definition) is 3. The van der Waals surface area contributed by atoms with Gasteiger partial charge in [0, 0.05) is 61.1 Å². The zero-order valence-electron chi connectivity index (χ0n) is 17.8. The highest BCUT2D eigenvalue weighted by atomic mass is 16.1. The Morgan fingerprint density at radius 3 is 2.97 bits per heavy atom. The second-order valence-corrected chi connectivity index (χ2v) is 8.92. The maximum Gasteiger partial charge on any atom is 0.224 e. The van der Waals surface area contributed by atoms with Gasteiger partial charge in [-0.2, -0.15) is 0 Å². The van der Waals surface area contributed by atoms with E-state index in [0.29, 0.717) is 18.5 Å². The number of aromatic nitrogens is 2. The summed E-state index contributed by atoms with van der Waals surface area (Å²) in [5, 5.41) is 4.58. The number of nitrogens with zero attached hydrogens (tertiary/aromatic N) is 3. The van der Waals surface area contributed by atoms with Gasteiger partial charge in [-0.15, -0.1) is 0 Å². The lowest BCUT2D eigenvalue weighted by molar-refractivity contribution is -0.127. The molecule has 5 heteroatoms. The van der Waals surface area contributed by atoms with Crippen LogP contribution in [0, 0.1) is 5.92 Å². The van der Waals surface area contributed by atoms with Crippen molar-refractivity contribution in [3.8, 4) is 0 Å². The molecular formula is C25H30N4O. The Morgan fingerprint density at radius 2 is 2.17 bits per heavy atom. The highest BCUT2D eigenvalue weighted by molar-refractivity contribution is 5.89. The Kier molecular flexibility index (Phi) is 5.07. The van der Waals surface area contributed by atoms with Gasteiger partial charge in [-0.05, 0) is 55.1 Å². The van der Waals surface area contributed by atoms with Gasteiger partial charge in [0.05, 0.1) is 5.92 Å². The summed E-state index contributed by atoms with van der Waals surface area (Å²) < 4.78 is 2.42. The lowest BCUT2D eigenvalue weighted by Crippen LogP contribution is -2.51. The standard InChI is InChI=1S/C25H30N4O/c1-3-10-29-16-18-12-23-21(20-7-4-8-22(29)24(18)20)11-19(15-28(23)2)25(30)27-14-17-6-5-9-26-13-17/h4-9,13,16,19,21,23H,3,10-12,14-15H2,1-2H3,(H,27,30)/t19-,21?,23-/m1/s1. The van der Waals surface area contributed by atoms with Gasteiger partial charge < -0.3 is 14.8 Å². The third-order valence-electron chi connectivity index (χ3n) is 6.95. The molecule has 30 heavy (non-hydrogen) atoms. The number of aryl methyl sites for hydroxylation is 1. The molecule has 5 rings (SSSR count). The van der Waals surface area contributed by atoms with Crippen LogP contribution in [0.1, 0.15) is 42.4 Å². The maximum atomic E-state index is 13.0. The van der Waals surface area contributed by atoms with E-state index >= 15 is 0 Å². The van der Waals surface area contributed by atoms with E-state index < -0.39 is 0 Å². The van der Waals surface area contributed by atoms with E-state index in [1.54, 1.807) is 6.20 Å². The molecular weight excluding hydrogens is 372 g/mol. The van der Waals surface area contributed by atoms with Gasteiger partial charge in [-0.25, -0.2) is 0 Å². The number of fused-ring (bicyclic) bond motifs is 2. The third-order valence-corrected chi connectivity index (χ3v) is 6.95. The number of likely N-dealkylation sites (tertiary alicyclic amines) is 1. The van der Waals surface area contributed by atoms with Crippen molar-refractivity contribution in [2.75, 3.05) is 13.6 Å². The van der Waals surface area contributed by atoms with Crippen molar-refractivity contribution in [2.45, 2.75) is 51.2 Å². The molecule has 1 saturated heterocycles. The minimum absolute atomic E-state index is 0.0162. The molecule has 3 heterocycles. The first-order valence-corrected chi connectivity index (χ1v) is 11.1. The second kappa shape index (κ2) is 7.88. The summed E-state index contributed by atoms with van der Waals surface area (Å²) in [6.07, 6.45) is 9.08. The Hall–Kier alpha value is -2.66. The van der Waals surface area contributed by atoms with Gasteiger partial charge in [-0.1, -0.05) is 25.1 Å². The maximum absolute atomic E-state index is 13.0. The van der Waals surface area contributed by atoms with Crippen molar-refractivity contribution < 1.29 is 4.79 Å². The molecule has 5 nitrogen and oxygen atoms in total. The SMILES string of the molecule is CCCn1cc2c3c(cccc31)C1C[C@@H](C(=O)NCc3cccnc3)CN(C)[C@@H]1C2. The predicted molar refractivity (Wildman–Crippen MR) is 119 cm³/mol. The van der Waals surface area contributed by atoms with E-state index in [2.05, 4.69) is 58.1 Å². The molecule has 0 spiro atoms. The van der Waals surface area contributed by atoms with E-state index in [1.807, 2.05) is 18.3 Å². The van der Waals surface area contributed by atoms with Crippen molar-refractivity contribution >= 4 is 16.8 Å². The summed E-state index contributed by atoms with van der Waals surface area (Å²) in [5.41, 5.74) is 5.30. The summed E-state index contributed by atoms with van der Waals surface area (Å²) in [7, 11) is 2.19. The van der Waals surface area contributed by atoms with Crippen molar-refractivity contribution in [1.82, 2.24) is 19.8 Å². The van der Waals surface area contributed by atoms with E-state index in [9.17, 15) is 4.79 Å². The summed E-state index contributed by atoms with van der Waals surface area (Å²) in [6.45, 7) is 4.66. The van der Waals surface area contributed by atoms with Crippen LogP contribution in [0.3, 0.4) is 0 Å². The van der Waals surface area contributed by atoms with Crippen LogP contribution in [0.5, 0.6) is 0 Å². The molecule has 0 saturated carbocycles. The van der Waals surface area contributed by atoms with Crippen molar-refractivity contribution in [1.29, 1.82) is 0 Å². The molecule has 0 radical (unpaired) electrons. The van der Waals surface area contributed by atoms with Crippen molar-refractivity contribution in [2.24, 2.45) is 5.92 Å². The zero-order valence-corrected chi connectivity index (χ0v) is 17.8. The molecule has 1 aliphatic carbocycles. The van der Waals surface area contributed by atoms with Crippen LogP contribution in [0.4, 0.5) is 0 Å². The number of amides is 1. The summed E-state index contributed by atoms with van der Waals surface area (Å²) in [4.78, 5) is 19.6. The first-order valence-electron chi connectivity index (χ1n) is 11.1. The Balaban J connectivity index is 1.40. The summed E-state index contributed by atoms with van der Waals surface area (Å²) >= 11 is 0. The minimum Gasteiger partial charge on any atom is -0.352 e. The van der Waals surface area contributed by atoms with Crippen molar-refractivity contribution in [3.05, 3.63) is 65.6 Å². The van der Waals surface area contributed by atoms with E-state index in [0.717, 1.165) is 37.9 Å². The number of rotatable bonds is 5. The van der Waals surface area contributed by atoms with Gasteiger partial charge in [0.25, 0.3) is 0 Å². The Morgan fingerprint density at radius 1 is 1.27 bits per heavy atom. The molecule has 3 aromatic rings. The van der Waals surface area contributed by atoms with Gasteiger partial charge in [0.2, 0.25) is 5.91 Å². The topological polar surface area (TPSA) is 50.2 Å². The fourth-order valence-corrected chi connectivity index (χ4v) is 5.57. The van der Waals surface area contributed by atoms with Crippen LogP contribution in [-0.2, 0) is 24.3 Å². The monoisotopic (exact) mass is 402 g/mol. The molecule has 1 fully saturated rings. The number of nitrogens with one attached hydrogen (secondary N) is 1. The second-order valence-electron chi connectivity index (χ2n) is 8.92. The normalized spacial score (nSPS) is 23.3. The summed E-state index contributed by atoms with van der Waals surface area (Å²) in [5.74, 6) is 0.583. The van der Waals surface area contributed by atoms with Crippen molar-refractivity contribution in [3.63, 3.8) is 0 Å². The zero-order chi connectivity index (χ0) is 20.7. The average molecular weight is 403 g/mol. The quantitative estimate of drug-likeness (QED) is 0.708. The number of carbonyl (C=O) groups is 1. The molecule has 3 atom stereocenters. The molecule has 156 valence electrons. The fourth-order valence-electron chi connectivity index (χ4n) is 5.57. The van der Waals surface area contributed by atoms with Crippen LogP contribution in [0.2, 0.25) is 0 Å². The third kappa shape index (κ3) is 3.31. The predicted octanol–water partition coefficient (Wildman–Crippen LogP) is 3.72. The van der Waals surface area contributed by atoms with Gasteiger partial charge in [0.1, 0.15) is 0 Å². The molecule has 1 unspecified atom stereocenters. The number of hydrogen-bond donors (Lipinski definition) is 1. The lowest BCUT2D eigenvalue weighted by atomic mass is 9.72. The fraction of sp³-hybridized carbons (Fsp3) is 0.440. The van der Waals surface area contributed by atoms with Crippen LogP contribution in [0.15, 0.2) is 48.9 Å². The van der Waals surface area contributed by atoms with Crippen LogP contribution < -0.4 is 5.32 Å². The van der Waals surface area contributed by atoms with Crippen LogP contribution in [0.25, 0.3) is 10.9 Å². The van der Waals surface area contributed by atoms with Crippen LogP contribution >= 0.6 is 0 Å². The molecule has 2 aromatic heterocycles. The van der Waals surface area contributed by atoms with Gasteiger partial charge in [0.15, 0.2) is 0 Å². The Labute approximate surface area is 178 Å². The average Bonchev–Trinajstić information content (AvgIpc) is 3.12. The first kappa shape index (κ1) is 19.3. The molecule has 2 aliphatic rings. The van der Waals surface area contributed by atoms with Gasteiger partial charge >= 0.3 is 0 Å². The number of piperidine rings is 1. The van der Waals surface area contributed by atoms with E-state index in [1.165, 1.54) is 22.0 Å². The van der Waals surface area contributed by atoms with E-state index in [4.69, 9.17) is 0 Å². The minimum atomic E-state index is 0.0162. The smallest absolute Gasteiger partial charge is 0.224 e. The molecule has 1 aromatic carbocycles. The molecule has 0 bridgehead atoms. The highest BCUT2D eigenvalue weighted by Gasteiger charge is 2.41. The summed E-state index contributed by atoms with van der Waals surface area (Å²) in [6, 6.07) is 11.1. The number of carbonyl (C=O) groups excluding carboxylic acids is 1. The molecule has 1 aliphatic heterocycles. The number of pyridine rings is 1. The molecule has 1 N–H and O–H groups in total. The van der Waals surface area contributed by atoms with Gasteiger partial charge in [-0.3, -0.25) is 9.78 Å². The van der Waals surface area contributed by atoms with E-state index in [-0.39, 0.29) is 11.8 Å². The largest absolute Gasteiger partial charge is 0.352 e. The lowest BCUT2D eigenvalue weighted by Gasteiger charge is -2.45.